The Hall–Kier alpha value is -1.35. The van der Waals surface area contributed by atoms with Gasteiger partial charge < -0.3 is 15.7 Å². The minimum Gasteiger partial charge on any atom is -0.480 e. The molecule has 0 aliphatic heterocycles. The number of amides is 2. The summed E-state index contributed by atoms with van der Waals surface area (Å²) in [7, 11) is -0.587. The number of hydrogen-bond donors (Lipinski definition) is 3. The first-order valence-corrected chi connectivity index (χ1v) is 7.91. The lowest BCUT2D eigenvalue weighted by atomic mass is 9.93. The van der Waals surface area contributed by atoms with Crippen molar-refractivity contribution in [3.05, 3.63) is 0 Å². The van der Waals surface area contributed by atoms with Gasteiger partial charge in [0.2, 0.25) is 10.0 Å². The molecule has 0 saturated heterocycles. The lowest BCUT2D eigenvalue weighted by Crippen LogP contribution is -2.56. The number of carbonyl (C=O) groups is 2. The van der Waals surface area contributed by atoms with E-state index in [1.54, 1.807) is 13.8 Å². The fourth-order valence-corrected chi connectivity index (χ4v) is 2.25. The van der Waals surface area contributed by atoms with Gasteiger partial charge in [-0.2, -0.15) is 0 Å². The first kappa shape index (κ1) is 18.7. The van der Waals surface area contributed by atoms with Gasteiger partial charge in [0.1, 0.15) is 5.54 Å². The van der Waals surface area contributed by atoms with E-state index in [9.17, 15) is 18.0 Å². The maximum Gasteiger partial charge on any atom is 0.329 e. The molecule has 0 aromatic rings. The van der Waals surface area contributed by atoms with E-state index in [-0.39, 0.29) is 25.1 Å². The van der Waals surface area contributed by atoms with Crippen LogP contribution in [0.15, 0.2) is 0 Å². The van der Waals surface area contributed by atoms with Gasteiger partial charge >= 0.3 is 12.0 Å². The van der Waals surface area contributed by atoms with Crippen LogP contribution in [0.1, 0.15) is 26.7 Å². The monoisotopic (exact) mass is 309 g/mol. The molecule has 2 amide bonds. The largest absolute Gasteiger partial charge is 0.480 e. The van der Waals surface area contributed by atoms with Gasteiger partial charge in [0, 0.05) is 20.6 Å². The van der Waals surface area contributed by atoms with Gasteiger partial charge in [-0.25, -0.2) is 22.3 Å². The Labute approximate surface area is 119 Å². The molecule has 0 bridgehead atoms. The Morgan fingerprint density at radius 1 is 1.20 bits per heavy atom. The van der Waals surface area contributed by atoms with Gasteiger partial charge in [-0.3, -0.25) is 0 Å². The van der Waals surface area contributed by atoms with Gasteiger partial charge in [0.15, 0.2) is 0 Å². The summed E-state index contributed by atoms with van der Waals surface area (Å²) in [6.45, 7) is 3.23. The van der Waals surface area contributed by atoms with E-state index in [1.165, 1.54) is 14.1 Å². The van der Waals surface area contributed by atoms with Crippen molar-refractivity contribution in [3.8, 4) is 0 Å². The van der Waals surface area contributed by atoms with Crippen molar-refractivity contribution in [2.45, 2.75) is 32.2 Å². The number of aliphatic carboxylic acids is 1. The molecule has 9 heteroatoms. The highest BCUT2D eigenvalue weighted by Gasteiger charge is 2.36. The van der Waals surface area contributed by atoms with Crippen LogP contribution in [0.4, 0.5) is 4.79 Å². The number of carbonyl (C=O) groups excluding carboxylic acids is 1. The first-order valence-electron chi connectivity index (χ1n) is 6.31. The third-order valence-corrected chi connectivity index (χ3v) is 5.00. The minimum absolute atomic E-state index is 0.0878. The molecule has 0 rings (SSSR count). The molecule has 0 unspecified atom stereocenters. The van der Waals surface area contributed by atoms with Gasteiger partial charge in [-0.15, -0.1) is 0 Å². The molecule has 0 spiro atoms. The molecular weight excluding hydrogens is 286 g/mol. The van der Waals surface area contributed by atoms with Crippen molar-refractivity contribution in [3.63, 3.8) is 0 Å². The quantitative estimate of drug-likeness (QED) is 0.575. The van der Waals surface area contributed by atoms with Gasteiger partial charge in [0.05, 0.1) is 5.75 Å². The van der Waals surface area contributed by atoms with E-state index in [0.717, 1.165) is 4.31 Å². The summed E-state index contributed by atoms with van der Waals surface area (Å²) in [5, 5.41) is 13.9. The van der Waals surface area contributed by atoms with Gasteiger partial charge in [-0.05, 0) is 12.8 Å². The highest BCUT2D eigenvalue weighted by molar-refractivity contribution is 7.89. The number of nitrogens with zero attached hydrogens (tertiary/aromatic N) is 1. The fourth-order valence-electron chi connectivity index (χ4n) is 1.52. The average Bonchev–Trinajstić information content (AvgIpc) is 2.35. The average molecular weight is 309 g/mol. The highest BCUT2D eigenvalue weighted by atomic mass is 32.2. The number of urea groups is 1. The summed E-state index contributed by atoms with van der Waals surface area (Å²) in [6.07, 6.45) is 0.477. The van der Waals surface area contributed by atoms with Crippen LogP contribution in [0, 0.1) is 0 Å². The molecule has 3 N–H and O–H groups in total. The molecule has 0 aromatic heterocycles. The van der Waals surface area contributed by atoms with Crippen molar-refractivity contribution in [1.29, 1.82) is 0 Å². The molecule has 118 valence electrons. The maximum absolute atomic E-state index is 11.6. The van der Waals surface area contributed by atoms with Crippen LogP contribution in [-0.4, -0.2) is 61.8 Å². The summed E-state index contributed by atoms with van der Waals surface area (Å²) in [5.74, 6) is -1.36. The van der Waals surface area contributed by atoms with Crippen molar-refractivity contribution in [1.82, 2.24) is 14.9 Å². The van der Waals surface area contributed by atoms with E-state index in [2.05, 4.69) is 10.6 Å². The Balaban J connectivity index is 4.48. The lowest BCUT2D eigenvalue weighted by molar-refractivity contribution is -0.144. The molecular formula is C11H23N3O5S. The molecule has 8 nitrogen and oxygen atoms in total. The van der Waals surface area contributed by atoms with Gasteiger partial charge in [-0.1, -0.05) is 13.8 Å². The van der Waals surface area contributed by atoms with Crippen LogP contribution < -0.4 is 10.6 Å². The molecule has 0 aliphatic rings. The van der Waals surface area contributed by atoms with E-state index in [0.29, 0.717) is 0 Å². The van der Waals surface area contributed by atoms with Gasteiger partial charge in [0.25, 0.3) is 0 Å². The molecule has 0 saturated carbocycles. The fraction of sp³-hybridized carbons (Fsp3) is 0.818. The minimum atomic E-state index is -3.39. The van der Waals surface area contributed by atoms with Crippen LogP contribution in [0.3, 0.4) is 0 Å². The summed E-state index contributed by atoms with van der Waals surface area (Å²) < 4.78 is 24.0. The number of carboxylic acids is 1. The third kappa shape index (κ3) is 4.97. The SMILES string of the molecule is CCC(CC)(NC(=O)NCCS(=O)(=O)N(C)C)C(=O)O. The molecule has 20 heavy (non-hydrogen) atoms. The van der Waals surface area contributed by atoms with Crippen LogP contribution in [0.2, 0.25) is 0 Å². The summed E-state index contributed by atoms with van der Waals surface area (Å²) in [5.41, 5.74) is -1.33. The van der Waals surface area contributed by atoms with Crippen molar-refractivity contribution in [2.24, 2.45) is 0 Å². The summed E-state index contributed by atoms with van der Waals surface area (Å²) >= 11 is 0. The standard InChI is InChI=1S/C11H23N3O5S/c1-5-11(6-2,9(15)16)13-10(17)12-7-8-20(18,19)14(3)4/h5-8H2,1-4H3,(H,15,16)(H2,12,13,17). The molecule has 0 atom stereocenters. The second-order valence-electron chi connectivity index (χ2n) is 4.57. The van der Waals surface area contributed by atoms with Crippen molar-refractivity contribution < 1.29 is 23.1 Å². The van der Waals surface area contributed by atoms with E-state index in [4.69, 9.17) is 5.11 Å². The zero-order valence-electron chi connectivity index (χ0n) is 12.3. The van der Waals surface area contributed by atoms with Crippen molar-refractivity contribution in [2.75, 3.05) is 26.4 Å². The molecule has 0 aromatic carbocycles. The second-order valence-corrected chi connectivity index (χ2v) is 6.88. The number of hydrogen-bond acceptors (Lipinski definition) is 4. The van der Waals surface area contributed by atoms with E-state index >= 15 is 0 Å². The normalized spacial score (nSPS) is 12.2. The Morgan fingerprint density at radius 3 is 2.05 bits per heavy atom. The number of sulfonamides is 1. The topological polar surface area (TPSA) is 116 Å². The zero-order valence-corrected chi connectivity index (χ0v) is 13.1. The Bertz CT molecular complexity index is 443. The smallest absolute Gasteiger partial charge is 0.329 e. The highest BCUT2D eigenvalue weighted by Crippen LogP contribution is 2.15. The number of rotatable bonds is 8. The lowest BCUT2D eigenvalue weighted by Gasteiger charge is -2.28. The molecule has 0 fully saturated rings. The number of carboxylic acid groups (broad SMARTS) is 1. The van der Waals surface area contributed by atoms with Crippen LogP contribution in [0.5, 0.6) is 0 Å². The number of nitrogens with one attached hydrogen (secondary N) is 2. The predicted molar refractivity (Wildman–Crippen MR) is 75.0 cm³/mol. The molecule has 0 radical (unpaired) electrons. The summed E-state index contributed by atoms with van der Waals surface area (Å²) in [6, 6.07) is -0.690. The van der Waals surface area contributed by atoms with Crippen LogP contribution in [0.25, 0.3) is 0 Å². The van der Waals surface area contributed by atoms with Crippen LogP contribution in [-0.2, 0) is 14.8 Å². The Morgan fingerprint density at radius 2 is 1.70 bits per heavy atom. The van der Waals surface area contributed by atoms with E-state index < -0.39 is 27.6 Å². The van der Waals surface area contributed by atoms with E-state index in [1.807, 2.05) is 0 Å². The summed E-state index contributed by atoms with van der Waals surface area (Å²) in [4.78, 5) is 22.8. The maximum atomic E-state index is 11.6. The predicted octanol–water partition coefficient (Wildman–Crippen LogP) is -0.180. The second kappa shape index (κ2) is 7.44. The van der Waals surface area contributed by atoms with Crippen molar-refractivity contribution >= 4 is 22.0 Å². The molecule has 0 aliphatic carbocycles. The zero-order chi connectivity index (χ0) is 16.0. The third-order valence-electron chi connectivity index (χ3n) is 3.17. The Kier molecular flexibility index (Phi) is 6.94. The first-order chi connectivity index (χ1) is 9.11. The van der Waals surface area contributed by atoms with Crippen LogP contribution >= 0.6 is 0 Å². The molecule has 0 heterocycles.